The number of aromatic nitrogens is 1. The molecule has 2 rings (SSSR count). The summed E-state index contributed by atoms with van der Waals surface area (Å²) in [7, 11) is 2.04. The number of fused-ring (bicyclic) bond motifs is 1. The minimum atomic E-state index is -0.0113. The van der Waals surface area contributed by atoms with Crippen molar-refractivity contribution in [3.8, 4) is 0 Å². The Labute approximate surface area is 94.9 Å². The number of nitrogens with zero attached hydrogens (tertiary/aromatic N) is 1. The standard InChI is InChI=1S/C13H16N2O/c1-8-9(2)15(3)12-5-4-10(6-11(8)12)13(16)7-14/h4-6H,7,14H2,1-3H3. The summed E-state index contributed by atoms with van der Waals surface area (Å²) in [5, 5.41) is 1.14. The fourth-order valence-corrected chi connectivity index (χ4v) is 2.05. The van der Waals surface area contributed by atoms with E-state index in [4.69, 9.17) is 5.73 Å². The van der Waals surface area contributed by atoms with Crippen molar-refractivity contribution in [1.82, 2.24) is 4.57 Å². The first-order valence-corrected chi connectivity index (χ1v) is 5.35. The van der Waals surface area contributed by atoms with Gasteiger partial charge in [-0.2, -0.15) is 0 Å². The van der Waals surface area contributed by atoms with Gasteiger partial charge in [-0.1, -0.05) is 0 Å². The molecule has 2 N–H and O–H groups in total. The Morgan fingerprint density at radius 1 is 1.38 bits per heavy atom. The third kappa shape index (κ3) is 1.44. The molecule has 0 saturated heterocycles. The molecule has 0 fully saturated rings. The third-order valence-electron chi connectivity index (χ3n) is 3.32. The highest BCUT2D eigenvalue weighted by atomic mass is 16.1. The van der Waals surface area contributed by atoms with Crippen molar-refractivity contribution in [1.29, 1.82) is 0 Å². The molecule has 2 aromatic rings. The van der Waals surface area contributed by atoms with E-state index in [0.717, 1.165) is 10.9 Å². The molecule has 0 saturated carbocycles. The van der Waals surface area contributed by atoms with Crippen LogP contribution in [-0.4, -0.2) is 16.9 Å². The molecule has 3 nitrogen and oxygen atoms in total. The average molecular weight is 216 g/mol. The summed E-state index contributed by atoms with van der Waals surface area (Å²) in [5.74, 6) is -0.0113. The molecule has 84 valence electrons. The van der Waals surface area contributed by atoms with E-state index in [1.54, 1.807) is 0 Å². The maximum atomic E-state index is 11.5. The molecule has 3 heteroatoms. The number of rotatable bonds is 2. The summed E-state index contributed by atoms with van der Waals surface area (Å²) in [6.07, 6.45) is 0. The Morgan fingerprint density at radius 2 is 2.06 bits per heavy atom. The molecule has 1 heterocycles. The van der Waals surface area contributed by atoms with Crippen LogP contribution in [0, 0.1) is 13.8 Å². The van der Waals surface area contributed by atoms with E-state index in [0.29, 0.717) is 5.56 Å². The topological polar surface area (TPSA) is 48.0 Å². The first-order valence-electron chi connectivity index (χ1n) is 5.35. The molecule has 0 aliphatic carbocycles. The first kappa shape index (κ1) is 10.9. The van der Waals surface area contributed by atoms with Crippen LogP contribution in [0.3, 0.4) is 0 Å². The van der Waals surface area contributed by atoms with E-state index in [1.165, 1.54) is 11.3 Å². The number of carbonyl (C=O) groups is 1. The Balaban J connectivity index is 2.71. The van der Waals surface area contributed by atoms with Gasteiger partial charge >= 0.3 is 0 Å². The van der Waals surface area contributed by atoms with E-state index in [-0.39, 0.29) is 12.3 Å². The Hall–Kier alpha value is -1.61. The van der Waals surface area contributed by atoms with Gasteiger partial charge in [0.1, 0.15) is 0 Å². The molecular formula is C13H16N2O. The van der Waals surface area contributed by atoms with Crippen molar-refractivity contribution in [3.63, 3.8) is 0 Å². The summed E-state index contributed by atoms with van der Waals surface area (Å²) >= 11 is 0. The van der Waals surface area contributed by atoms with E-state index in [2.05, 4.69) is 18.4 Å². The Bertz CT molecular complexity index is 567. The highest BCUT2D eigenvalue weighted by Gasteiger charge is 2.10. The van der Waals surface area contributed by atoms with Crippen LogP contribution in [0.15, 0.2) is 18.2 Å². The zero-order chi connectivity index (χ0) is 11.9. The largest absolute Gasteiger partial charge is 0.348 e. The fraction of sp³-hybridized carbons (Fsp3) is 0.308. The maximum absolute atomic E-state index is 11.5. The lowest BCUT2D eigenvalue weighted by atomic mass is 10.1. The number of Topliss-reactive ketones (excluding diaryl/α,β-unsaturated/α-hetero) is 1. The highest BCUT2D eigenvalue weighted by Crippen LogP contribution is 2.25. The normalized spacial score (nSPS) is 11.0. The number of hydrogen-bond donors (Lipinski definition) is 1. The van der Waals surface area contributed by atoms with Crippen molar-refractivity contribution in [3.05, 3.63) is 35.0 Å². The molecule has 0 unspecified atom stereocenters. The van der Waals surface area contributed by atoms with Crippen molar-refractivity contribution in [2.45, 2.75) is 13.8 Å². The minimum absolute atomic E-state index is 0.0113. The molecule has 16 heavy (non-hydrogen) atoms. The lowest BCUT2D eigenvalue weighted by Gasteiger charge is -2.00. The molecule has 0 atom stereocenters. The summed E-state index contributed by atoms with van der Waals surface area (Å²) < 4.78 is 2.14. The zero-order valence-electron chi connectivity index (χ0n) is 9.87. The number of carbonyl (C=O) groups excluding carboxylic acids is 1. The average Bonchev–Trinajstić information content (AvgIpc) is 2.53. The van der Waals surface area contributed by atoms with E-state index in [9.17, 15) is 4.79 Å². The lowest BCUT2D eigenvalue weighted by Crippen LogP contribution is -2.13. The van der Waals surface area contributed by atoms with E-state index >= 15 is 0 Å². The zero-order valence-corrected chi connectivity index (χ0v) is 9.87. The van der Waals surface area contributed by atoms with Gasteiger partial charge in [-0.25, -0.2) is 0 Å². The summed E-state index contributed by atoms with van der Waals surface area (Å²) in [6, 6.07) is 5.77. The number of ketones is 1. The van der Waals surface area contributed by atoms with Gasteiger partial charge in [0, 0.05) is 29.2 Å². The number of nitrogens with two attached hydrogens (primary N) is 1. The van der Waals surface area contributed by atoms with Gasteiger partial charge in [-0.05, 0) is 37.6 Å². The summed E-state index contributed by atoms with van der Waals surface area (Å²) in [4.78, 5) is 11.5. The quantitative estimate of drug-likeness (QED) is 0.780. The minimum Gasteiger partial charge on any atom is -0.348 e. The second kappa shape index (κ2) is 3.76. The van der Waals surface area contributed by atoms with Gasteiger partial charge in [0.2, 0.25) is 0 Å². The predicted molar refractivity (Wildman–Crippen MR) is 65.8 cm³/mol. The van der Waals surface area contributed by atoms with Crippen molar-refractivity contribution in [2.75, 3.05) is 6.54 Å². The van der Waals surface area contributed by atoms with Gasteiger partial charge < -0.3 is 10.3 Å². The molecule has 0 aliphatic rings. The molecule has 0 aliphatic heterocycles. The second-order valence-corrected chi connectivity index (χ2v) is 4.13. The summed E-state index contributed by atoms with van der Waals surface area (Å²) in [6.45, 7) is 4.23. The molecule has 1 aromatic carbocycles. The number of aryl methyl sites for hydroxylation is 2. The van der Waals surface area contributed by atoms with Crippen LogP contribution in [0.5, 0.6) is 0 Å². The third-order valence-corrected chi connectivity index (χ3v) is 3.32. The number of hydrogen-bond acceptors (Lipinski definition) is 2. The van der Waals surface area contributed by atoms with Gasteiger partial charge in [0.05, 0.1) is 6.54 Å². The van der Waals surface area contributed by atoms with E-state index in [1.807, 2.05) is 25.2 Å². The molecule has 0 bridgehead atoms. The van der Waals surface area contributed by atoms with Gasteiger partial charge in [0.15, 0.2) is 5.78 Å². The number of benzene rings is 1. The monoisotopic (exact) mass is 216 g/mol. The molecule has 0 amide bonds. The van der Waals surface area contributed by atoms with Gasteiger partial charge in [-0.15, -0.1) is 0 Å². The van der Waals surface area contributed by atoms with Crippen LogP contribution in [0.4, 0.5) is 0 Å². The van der Waals surface area contributed by atoms with Crippen LogP contribution in [0.2, 0.25) is 0 Å². The maximum Gasteiger partial charge on any atom is 0.176 e. The SMILES string of the molecule is Cc1c(C)n(C)c2ccc(C(=O)CN)cc12. The van der Waals surface area contributed by atoms with Crippen molar-refractivity contribution >= 4 is 16.7 Å². The first-order chi connectivity index (χ1) is 7.56. The smallest absolute Gasteiger partial charge is 0.176 e. The van der Waals surface area contributed by atoms with Crippen LogP contribution >= 0.6 is 0 Å². The molecule has 0 radical (unpaired) electrons. The van der Waals surface area contributed by atoms with Crippen LogP contribution < -0.4 is 5.73 Å². The van der Waals surface area contributed by atoms with Crippen LogP contribution in [0.25, 0.3) is 10.9 Å². The van der Waals surface area contributed by atoms with Gasteiger partial charge in [-0.3, -0.25) is 4.79 Å². The Morgan fingerprint density at radius 3 is 2.69 bits per heavy atom. The lowest BCUT2D eigenvalue weighted by molar-refractivity contribution is 0.100. The molecular weight excluding hydrogens is 200 g/mol. The second-order valence-electron chi connectivity index (χ2n) is 4.13. The fourth-order valence-electron chi connectivity index (χ4n) is 2.05. The summed E-state index contributed by atoms with van der Waals surface area (Å²) in [5.41, 5.74) is 9.68. The highest BCUT2D eigenvalue weighted by molar-refractivity contribution is 6.01. The van der Waals surface area contributed by atoms with Crippen LogP contribution in [0.1, 0.15) is 21.6 Å². The molecule has 0 spiro atoms. The van der Waals surface area contributed by atoms with E-state index < -0.39 is 0 Å². The van der Waals surface area contributed by atoms with Crippen molar-refractivity contribution in [2.24, 2.45) is 12.8 Å². The Kier molecular flexibility index (Phi) is 2.56. The van der Waals surface area contributed by atoms with Gasteiger partial charge in [0.25, 0.3) is 0 Å². The van der Waals surface area contributed by atoms with Crippen LogP contribution in [-0.2, 0) is 7.05 Å². The van der Waals surface area contributed by atoms with Crippen molar-refractivity contribution < 1.29 is 4.79 Å². The molecule has 1 aromatic heterocycles. The predicted octanol–water partition coefficient (Wildman–Crippen LogP) is 1.94.